The number of hydrogen-bond acceptors (Lipinski definition) is 3. The lowest BCUT2D eigenvalue weighted by Gasteiger charge is -2.39. The van der Waals surface area contributed by atoms with Crippen LogP contribution in [0.4, 0.5) is 13.2 Å². The van der Waals surface area contributed by atoms with Crippen LogP contribution in [0.25, 0.3) is 0 Å². The van der Waals surface area contributed by atoms with Gasteiger partial charge in [0, 0.05) is 10.7 Å². The van der Waals surface area contributed by atoms with Crippen LogP contribution in [0.2, 0.25) is 0 Å². The van der Waals surface area contributed by atoms with Gasteiger partial charge in [-0.05, 0) is 40.2 Å². The zero-order valence-electron chi connectivity index (χ0n) is 12.3. The summed E-state index contributed by atoms with van der Waals surface area (Å²) >= 11 is 3.30. The average Bonchev–Trinajstić information content (AvgIpc) is 2.50. The fourth-order valence-corrected chi connectivity index (χ4v) is 2.80. The molecule has 24 heavy (non-hydrogen) atoms. The van der Waals surface area contributed by atoms with Crippen molar-refractivity contribution in [2.24, 2.45) is 0 Å². The smallest absolute Gasteiger partial charge is 0.421 e. The van der Waals surface area contributed by atoms with E-state index in [2.05, 4.69) is 20.9 Å². The number of hydrogen-bond donors (Lipinski definition) is 0. The standard InChI is InChI=1S/C16H12BrF3N2O2/c17-13-6-2-1-4-11(13)15(23)22-8-10(9-22)24-14-12(16(18,19)20)5-3-7-21-14/h1-7,10H,8-9H2. The number of nitrogens with zero attached hydrogens (tertiary/aromatic N) is 2. The maximum Gasteiger partial charge on any atom is 0.421 e. The second kappa shape index (κ2) is 6.43. The Labute approximate surface area is 144 Å². The van der Waals surface area contributed by atoms with Crippen molar-refractivity contribution in [2.75, 3.05) is 13.1 Å². The Kier molecular flexibility index (Phi) is 4.49. The van der Waals surface area contributed by atoms with E-state index < -0.39 is 23.7 Å². The first-order valence-corrected chi connectivity index (χ1v) is 7.88. The average molecular weight is 401 g/mol. The Morgan fingerprint density at radius 2 is 1.92 bits per heavy atom. The monoisotopic (exact) mass is 400 g/mol. The Balaban J connectivity index is 1.64. The largest absolute Gasteiger partial charge is 0.470 e. The van der Waals surface area contributed by atoms with Gasteiger partial charge in [-0.3, -0.25) is 4.79 Å². The SMILES string of the molecule is O=C(c1ccccc1Br)N1CC(Oc2ncccc2C(F)(F)F)C1. The molecule has 0 radical (unpaired) electrons. The summed E-state index contributed by atoms with van der Waals surface area (Å²) < 4.78 is 44.7. The molecule has 0 N–H and O–H groups in total. The molecule has 4 nitrogen and oxygen atoms in total. The molecule has 0 saturated carbocycles. The Hall–Kier alpha value is -2.09. The van der Waals surface area contributed by atoms with Gasteiger partial charge in [-0.25, -0.2) is 4.98 Å². The highest BCUT2D eigenvalue weighted by Crippen LogP contribution is 2.35. The highest BCUT2D eigenvalue weighted by atomic mass is 79.9. The van der Waals surface area contributed by atoms with E-state index in [-0.39, 0.29) is 19.0 Å². The van der Waals surface area contributed by atoms with E-state index in [1.165, 1.54) is 17.2 Å². The molecule has 1 aromatic heterocycles. The van der Waals surface area contributed by atoms with Crippen LogP contribution in [-0.2, 0) is 6.18 Å². The lowest BCUT2D eigenvalue weighted by atomic mass is 10.1. The minimum atomic E-state index is -4.53. The van der Waals surface area contributed by atoms with Gasteiger partial charge in [0.2, 0.25) is 5.88 Å². The number of likely N-dealkylation sites (tertiary alicyclic amines) is 1. The van der Waals surface area contributed by atoms with E-state index in [9.17, 15) is 18.0 Å². The number of ether oxygens (including phenoxy) is 1. The lowest BCUT2D eigenvalue weighted by molar-refractivity contribution is -0.140. The molecule has 1 aliphatic rings. The molecule has 0 aliphatic carbocycles. The van der Waals surface area contributed by atoms with Crippen LogP contribution in [0.3, 0.4) is 0 Å². The van der Waals surface area contributed by atoms with Crippen molar-refractivity contribution in [1.82, 2.24) is 9.88 Å². The van der Waals surface area contributed by atoms with E-state index >= 15 is 0 Å². The summed E-state index contributed by atoms with van der Waals surface area (Å²) in [6, 6.07) is 9.10. The quantitative estimate of drug-likeness (QED) is 0.787. The maximum absolute atomic E-state index is 12.9. The first kappa shape index (κ1) is 16.8. The van der Waals surface area contributed by atoms with Gasteiger partial charge >= 0.3 is 6.18 Å². The highest BCUT2D eigenvalue weighted by Gasteiger charge is 2.38. The molecular formula is C16H12BrF3N2O2. The normalized spacial score (nSPS) is 15.1. The van der Waals surface area contributed by atoms with Gasteiger partial charge in [0.05, 0.1) is 18.7 Å². The molecule has 2 heterocycles. The number of aromatic nitrogens is 1. The van der Waals surface area contributed by atoms with Crippen molar-refractivity contribution < 1.29 is 22.7 Å². The summed E-state index contributed by atoms with van der Waals surface area (Å²) in [5.74, 6) is -0.651. The second-order valence-electron chi connectivity index (χ2n) is 5.28. The predicted octanol–water partition coefficient (Wildman–Crippen LogP) is 3.77. The summed E-state index contributed by atoms with van der Waals surface area (Å²) in [4.78, 5) is 17.5. The zero-order valence-corrected chi connectivity index (χ0v) is 13.8. The number of amides is 1. The highest BCUT2D eigenvalue weighted by molar-refractivity contribution is 9.10. The second-order valence-corrected chi connectivity index (χ2v) is 6.14. The molecule has 2 aromatic rings. The Morgan fingerprint density at radius 1 is 1.21 bits per heavy atom. The van der Waals surface area contributed by atoms with Crippen molar-refractivity contribution in [3.63, 3.8) is 0 Å². The van der Waals surface area contributed by atoms with Gasteiger partial charge in [0.15, 0.2) is 0 Å². The van der Waals surface area contributed by atoms with Crippen LogP contribution in [0.1, 0.15) is 15.9 Å². The van der Waals surface area contributed by atoms with Crippen LogP contribution in [-0.4, -0.2) is 35.0 Å². The van der Waals surface area contributed by atoms with E-state index in [1.54, 1.807) is 24.3 Å². The summed E-state index contributed by atoms with van der Waals surface area (Å²) in [5.41, 5.74) is -0.412. The summed E-state index contributed by atoms with van der Waals surface area (Å²) in [6.45, 7) is 0.433. The zero-order chi connectivity index (χ0) is 17.3. The van der Waals surface area contributed by atoms with Crippen LogP contribution in [0.15, 0.2) is 47.1 Å². The van der Waals surface area contributed by atoms with Gasteiger partial charge in [0.25, 0.3) is 5.91 Å². The van der Waals surface area contributed by atoms with Crippen molar-refractivity contribution in [2.45, 2.75) is 12.3 Å². The topological polar surface area (TPSA) is 42.4 Å². The van der Waals surface area contributed by atoms with Crippen LogP contribution >= 0.6 is 15.9 Å². The third kappa shape index (κ3) is 3.38. The van der Waals surface area contributed by atoms with Gasteiger partial charge in [-0.15, -0.1) is 0 Å². The molecule has 0 spiro atoms. The summed E-state index contributed by atoms with van der Waals surface area (Å²) in [7, 11) is 0. The van der Waals surface area contributed by atoms with E-state index in [0.29, 0.717) is 10.0 Å². The number of benzene rings is 1. The van der Waals surface area contributed by atoms with Crippen molar-refractivity contribution in [1.29, 1.82) is 0 Å². The lowest BCUT2D eigenvalue weighted by Crippen LogP contribution is -2.56. The first-order chi connectivity index (χ1) is 11.4. The van der Waals surface area contributed by atoms with Gasteiger partial charge in [-0.1, -0.05) is 12.1 Å². The maximum atomic E-state index is 12.9. The minimum Gasteiger partial charge on any atom is -0.470 e. The molecule has 1 fully saturated rings. The molecule has 1 aliphatic heterocycles. The molecule has 8 heteroatoms. The summed E-state index contributed by atoms with van der Waals surface area (Å²) in [5, 5.41) is 0. The van der Waals surface area contributed by atoms with Crippen LogP contribution in [0, 0.1) is 0 Å². The molecule has 0 unspecified atom stereocenters. The molecular weight excluding hydrogens is 389 g/mol. The Bertz CT molecular complexity index is 761. The van der Waals surface area contributed by atoms with Crippen LogP contribution < -0.4 is 4.74 Å². The third-order valence-corrected chi connectivity index (χ3v) is 4.29. The Morgan fingerprint density at radius 3 is 2.58 bits per heavy atom. The molecule has 3 rings (SSSR count). The van der Waals surface area contributed by atoms with Gasteiger partial charge < -0.3 is 9.64 Å². The third-order valence-electron chi connectivity index (χ3n) is 3.59. The number of alkyl halides is 3. The van der Waals surface area contributed by atoms with Crippen molar-refractivity contribution in [3.8, 4) is 5.88 Å². The number of pyridine rings is 1. The molecule has 1 aromatic carbocycles. The first-order valence-electron chi connectivity index (χ1n) is 7.09. The molecule has 1 amide bonds. The fraction of sp³-hybridized carbons (Fsp3) is 0.250. The molecule has 1 saturated heterocycles. The van der Waals surface area contributed by atoms with Crippen molar-refractivity contribution in [3.05, 3.63) is 58.2 Å². The number of rotatable bonds is 3. The van der Waals surface area contributed by atoms with E-state index in [0.717, 1.165) is 6.07 Å². The van der Waals surface area contributed by atoms with Crippen molar-refractivity contribution >= 4 is 21.8 Å². The van der Waals surface area contributed by atoms with Crippen LogP contribution in [0.5, 0.6) is 5.88 Å². The fourth-order valence-electron chi connectivity index (χ4n) is 2.34. The molecule has 0 bridgehead atoms. The number of carbonyl (C=O) groups is 1. The summed E-state index contributed by atoms with van der Waals surface area (Å²) in [6.07, 6.45) is -3.79. The molecule has 0 atom stereocenters. The minimum absolute atomic E-state index is 0.195. The van der Waals surface area contributed by atoms with Gasteiger partial charge in [0.1, 0.15) is 11.7 Å². The predicted molar refractivity (Wildman–Crippen MR) is 83.7 cm³/mol. The molecule has 126 valence electrons. The number of carbonyl (C=O) groups excluding carboxylic acids is 1. The van der Waals surface area contributed by atoms with E-state index in [1.807, 2.05) is 0 Å². The van der Waals surface area contributed by atoms with Gasteiger partial charge in [-0.2, -0.15) is 13.2 Å². The van der Waals surface area contributed by atoms with E-state index in [4.69, 9.17) is 4.74 Å². The number of halogens is 4.